The van der Waals surface area contributed by atoms with Gasteiger partial charge in [-0.15, -0.1) is 0 Å². The molecule has 94 heavy (non-hydrogen) atoms. The first-order chi connectivity index (χ1) is 44.3. The van der Waals surface area contributed by atoms with Crippen molar-refractivity contribution in [1.29, 1.82) is 0 Å². The molecule has 0 radical (unpaired) electrons. The van der Waals surface area contributed by atoms with Gasteiger partial charge in [0.25, 0.3) is 0 Å². The predicted molar refractivity (Wildman–Crippen MR) is 370 cm³/mol. The predicted octanol–water partition coefficient (Wildman–Crippen LogP) is 0.967. The monoisotopic (exact) mass is 1380 g/mol. The zero-order valence-corrected chi connectivity index (χ0v) is 59.9. The Hall–Kier alpha value is -6.21. The maximum absolute atomic E-state index is 14.6. The van der Waals surface area contributed by atoms with Crippen molar-refractivity contribution in [3.63, 3.8) is 0 Å². The number of rotatable bonds is 47. The van der Waals surface area contributed by atoms with Gasteiger partial charge in [-0.25, -0.2) is 0 Å². The minimum Gasteiger partial charge on any atom is -0.480 e. The number of carbonyl (C=O) groups is 12. The summed E-state index contributed by atoms with van der Waals surface area (Å²) < 4.78 is 0. The normalized spacial score (nSPS) is 16.2. The van der Waals surface area contributed by atoms with Gasteiger partial charge in [0.1, 0.15) is 66.5 Å². The summed E-state index contributed by atoms with van der Waals surface area (Å²) in [5.41, 5.74) is 12.6. The number of nitrogens with two attached hydrogens (primary N) is 2. The van der Waals surface area contributed by atoms with E-state index in [1.807, 2.05) is 40.9 Å². The van der Waals surface area contributed by atoms with Crippen molar-refractivity contribution in [2.75, 3.05) is 42.6 Å². The van der Waals surface area contributed by atoms with Gasteiger partial charge in [-0.3, -0.25) is 57.5 Å². The smallest absolute Gasteiger partial charge is 0.325 e. The molecule has 0 heterocycles. The highest BCUT2D eigenvalue weighted by Crippen LogP contribution is 2.16. The second-order valence-electron chi connectivity index (χ2n) is 24.8. The van der Waals surface area contributed by atoms with Crippen LogP contribution in [-0.4, -0.2) is 202 Å². The van der Waals surface area contributed by atoms with Crippen LogP contribution in [0, 0.1) is 23.7 Å². The lowest BCUT2D eigenvalue weighted by atomic mass is 9.96. The molecule has 30 heteroatoms. The molecule has 1 rings (SSSR count). The first-order valence-corrected chi connectivity index (χ1v) is 36.7. The number of aliphatic hydroxyl groups is 1. The van der Waals surface area contributed by atoms with Gasteiger partial charge in [0.2, 0.25) is 65.0 Å². The Kier molecular flexibility index (Phi) is 42.0. The van der Waals surface area contributed by atoms with E-state index >= 15 is 0 Å². The van der Waals surface area contributed by atoms with Crippen molar-refractivity contribution >= 4 is 106 Å². The summed E-state index contributed by atoms with van der Waals surface area (Å²) in [5.74, 6) is -9.31. The number of thioether (sulfide) groups is 3. The highest BCUT2D eigenvalue weighted by atomic mass is 32.2. The van der Waals surface area contributed by atoms with E-state index in [0.29, 0.717) is 54.9 Å². The molecule has 0 aliphatic heterocycles. The summed E-state index contributed by atoms with van der Waals surface area (Å²) in [7, 11) is 0. The van der Waals surface area contributed by atoms with Gasteiger partial charge in [-0.05, 0) is 144 Å². The lowest BCUT2D eigenvalue weighted by Gasteiger charge is -2.30. The summed E-state index contributed by atoms with van der Waals surface area (Å²) in [6.07, 6.45) is 6.38. The van der Waals surface area contributed by atoms with Gasteiger partial charge in [0.15, 0.2) is 0 Å². The van der Waals surface area contributed by atoms with Gasteiger partial charge in [-0.1, -0.05) is 98.6 Å². The second kappa shape index (κ2) is 46.0. The van der Waals surface area contributed by atoms with Crippen molar-refractivity contribution in [2.24, 2.45) is 35.1 Å². The third kappa shape index (κ3) is 32.0. The van der Waals surface area contributed by atoms with Crippen LogP contribution < -0.4 is 70.0 Å². The first kappa shape index (κ1) is 85.8. The summed E-state index contributed by atoms with van der Waals surface area (Å²) in [6.45, 7) is 18.7. The van der Waals surface area contributed by atoms with Crippen molar-refractivity contribution < 1.29 is 67.7 Å². The van der Waals surface area contributed by atoms with E-state index in [9.17, 15) is 67.7 Å². The molecule has 534 valence electrons. The first-order valence-electron chi connectivity index (χ1n) is 32.5. The molecule has 0 aliphatic carbocycles. The molecule has 11 amide bonds. The Morgan fingerprint density at radius 3 is 1.23 bits per heavy atom. The Bertz CT molecular complexity index is 2580. The van der Waals surface area contributed by atoms with Gasteiger partial charge in [-0.2, -0.15) is 35.3 Å². The molecule has 17 N–H and O–H groups in total. The minimum absolute atomic E-state index is 0.0262. The molecule has 0 saturated heterocycles. The largest absolute Gasteiger partial charge is 0.480 e. The minimum atomic E-state index is -1.67. The highest BCUT2D eigenvalue weighted by Gasteiger charge is 2.38. The van der Waals surface area contributed by atoms with Gasteiger partial charge in [0.05, 0.1) is 12.1 Å². The summed E-state index contributed by atoms with van der Waals surface area (Å²) >= 11 is 4.26. The van der Waals surface area contributed by atoms with Crippen LogP contribution in [0.3, 0.4) is 0 Å². The van der Waals surface area contributed by atoms with E-state index < -0.39 is 155 Å². The van der Waals surface area contributed by atoms with E-state index in [0.717, 1.165) is 0 Å². The number of unbranched alkanes of at least 4 members (excludes halogenated alkanes) is 1. The third-order valence-electron chi connectivity index (χ3n) is 15.8. The fraction of sp³-hybridized carbons (Fsp3) is 0.719. The van der Waals surface area contributed by atoms with Crippen molar-refractivity contribution in [1.82, 2.24) is 58.5 Å². The fourth-order valence-electron chi connectivity index (χ4n) is 9.57. The molecule has 0 spiro atoms. The number of nitrogens with one attached hydrogen (secondary N) is 11. The van der Waals surface area contributed by atoms with E-state index in [-0.39, 0.29) is 62.8 Å². The van der Waals surface area contributed by atoms with E-state index in [4.69, 9.17) is 11.5 Å². The molecular weight excluding hydrogens is 1270 g/mol. The second-order valence-corrected chi connectivity index (χ2v) is 27.8. The summed E-state index contributed by atoms with van der Waals surface area (Å²) in [4.78, 5) is 166. The Balaban J connectivity index is 3.50. The van der Waals surface area contributed by atoms with Crippen LogP contribution in [0.2, 0.25) is 0 Å². The maximum atomic E-state index is 14.6. The average molecular weight is 1380 g/mol. The van der Waals surface area contributed by atoms with Crippen LogP contribution in [0.15, 0.2) is 30.3 Å². The highest BCUT2D eigenvalue weighted by molar-refractivity contribution is 7.99. The molecule has 0 aliphatic rings. The van der Waals surface area contributed by atoms with Gasteiger partial charge >= 0.3 is 5.97 Å². The van der Waals surface area contributed by atoms with Crippen molar-refractivity contribution in [3.05, 3.63) is 35.9 Å². The number of aliphatic carboxylic acids is 1. The molecule has 0 bridgehead atoms. The number of benzene rings is 1. The molecule has 1 aromatic carbocycles. The maximum Gasteiger partial charge on any atom is 0.325 e. The average Bonchev–Trinajstić information content (AvgIpc) is 0.881. The Morgan fingerprint density at radius 2 is 0.787 bits per heavy atom. The van der Waals surface area contributed by atoms with Crippen LogP contribution in [0.25, 0.3) is 0 Å². The van der Waals surface area contributed by atoms with Crippen molar-refractivity contribution in [2.45, 2.75) is 225 Å². The topological polar surface area (TPSA) is 430 Å². The number of amides is 11. The number of carboxylic acids is 1. The lowest BCUT2D eigenvalue weighted by molar-refractivity contribution is -0.142. The van der Waals surface area contributed by atoms with Crippen LogP contribution in [0.1, 0.15) is 146 Å². The van der Waals surface area contributed by atoms with Gasteiger partial charge < -0.3 is 80.2 Å². The quantitative estimate of drug-likeness (QED) is 0.0404. The number of carbonyl (C=O) groups excluding carboxylic acids is 11. The fourth-order valence-corrected chi connectivity index (χ4v) is 11.0. The molecular formula is C64H111N13O14S3. The standard InChI is InChI=1S/C64H111N13O14S3/c1-15-37(7)50(75-54(80)43(66)25-29-92-12)62(88)73-47(32-35(3)4)58(84)67-39(9)53(79)72-48(33-36(5)6)60(86)76-51(38(8)16-2)61(87)71-44(24-20-21-28-65)55(81)69-45(26-30-93-13)56(82)70-46(27-31-94-14)57(83)77-52(41(11)78)63(89)74-49(34-42-22-18-17-19-23-42)59(85)68-40(10)64(90)91/h17-19,22-23,35-41,43-52,78H,15-16,20-21,24-34,65-66H2,1-14H3,(H,67,84)(H,68,85)(H,69,81)(H,70,82)(H,71,87)(H,72,79)(H,73,88)(H,74,89)(H,75,80)(H,76,86)(H,77,83)(H,90,91)/t37-,38-,39-,40-,41+,43-,44-,45-,46-,47-,48-,49-,50-,51-,52-/m0/s1. The molecule has 0 unspecified atom stereocenters. The number of carboxylic acid groups (broad SMARTS) is 1. The third-order valence-corrected chi connectivity index (χ3v) is 17.7. The number of aliphatic hydroxyl groups excluding tert-OH is 1. The molecule has 0 saturated carbocycles. The van der Waals surface area contributed by atoms with Crippen LogP contribution in [0.5, 0.6) is 0 Å². The number of hydrogen-bond acceptors (Lipinski definition) is 18. The molecule has 0 fully saturated rings. The zero-order chi connectivity index (χ0) is 71.4. The molecule has 0 aromatic heterocycles. The number of hydrogen-bond donors (Lipinski definition) is 15. The van der Waals surface area contributed by atoms with E-state index in [2.05, 4.69) is 58.5 Å². The van der Waals surface area contributed by atoms with E-state index in [1.165, 1.54) is 56.1 Å². The zero-order valence-electron chi connectivity index (χ0n) is 57.5. The molecule has 1 aromatic rings. The molecule has 15 atom stereocenters. The Morgan fingerprint density at radius 1 is 0.426 bits per heavy atom. The van der Waals surface area contributed by atoms with Crippen molar-refractivity contribution in [3.8, 4) is 0 Å². The lowest BCUT2D eigenvalue weighted by Crippen LogP contribution is -2.62. The van der Waals surface area contributed by atoms with E-state index in [1.54, 1.807) is 63.6 Å². The molecule has 27 nitrogen and oxygen atoms in total. The summed E-state index contributed by atoms with van der Waals surface area (Å²) in [5, 5.41) is 49.8. The van der Waals surface area contributed by atoms with Gasteiger partial charge in [0, 0.05) is 6.42 Å². The Labute approximate surface area is 568 Å². The van der Waals surface area contributed by atoms with Crippen LogP contribution >= 0.6 is 35.3 Å². The summed E-state index contributed by atoms with van der Waals surface area (Å²) in [6, 6.07) is -6.32. The SMILES string of the molecule is CC[C@H](C)[C@H](NC(=O)[C@H](CC(C)C)NC(=O)[C@H](C)NC(=O)[C@H](CC(C)C)NC(=O)[C@@H](NC(=O)[C@@H](N)CCSC)[C@@H](C)CC)C(=O)N[C@@H](CCCCN)C(=O)N[C@@H](CCSC)C(=O)N[C@@H](CCSC)C(=O)N[C@H](C(=O)N[C@@H](Cc1ccccc1)C(=O)N[C@@H](C)C(=O)O)[C@@H](C)O. The van der Waals surface area contributed by atoms with Crippen LogP contribution in [0.4, 0.5) is 0 Å². The van der Waals surface area contributed by atoms with Crippen LogP contribution in [-0.2, 0) is 64.0 Å².